The van der Waals surface area contributed by atoms with Crippen LogP contribution in [0.1, 0.15) is 79.1 Å². The van der Waals surface area contributed by atoms with E-state index in [1.807, 2.05) is 0 Å². The average molecular weight is 375 g/mol. The normalized spacial score (nSPS) is 58.9. The van der Waals surface area contributed by atoms with Gasteiger partial charge in [-0.05, 0) is 79.4 Å². The number of ketones is 1. The van der Waals surface area contributed by atoms with Gasteiger partial charge in [-0.2, -0.15) is 0 Å². The molecule has 5 rings (SSSR count). The molecule has 1 N–H and O–H groups in total. The molecular weight excluding hydrogens is 336 g/mol. The first kappa shape index (κ1) is 18.6. The second-order valence-corrected chi connectivity index (χ2v) is 11.4. The molecule has 5 saturated carbocycles. The van der Waals surface area contributed by atoms with Crippen molar-refractivity contribution in [2.45, 2.75) is 90.8 Å². The summed E-state index contributed by atoms with van der Waals surface area (Å²) in [5.41, 5.74) is -0.473. The molecule has 0 saturated heterocycles. The fraction of sp³-hybridized carbons (Fsp3) is 0.958. The molecule has 0 aromatic heterocycles. The highest BCUT2D eigenvalue weighted by Gasteiger charge is 2.75. The summed E-state index contributed by atoms with van der Waals surface area (Å²) in [6.07, 6.45) is 8.41. The van der Waals surface area contributed by atoms with Crippen LogP contribution in [0.3, 0.4) is 0 Å². The smallest absolute Gasteiger partial charge is 0.135 e. The van der Waals surface area contributed by atoms with Crippen molar-refractivity contribution in [1.82, 2.24) is 0 Å². The third kappa shape index (κ3) is 2.25. The molecule has 0 amide bonds. The topological polar surface area (TPSA) is 46.5 Å². The highest BCUT2D eigenvalue weighted by Crippen LogP contribution is 2.76. The first-order valence-corrected chi connectivity index (χ1v) is 11.6. The van der Waals surface area contributed by atoms with Gasteiger partial charge in [0.2, 0.25) is 0 Å². The van der Waals surface area contributed by atoms with Crippen molar-refractivity contribution in [3.8, 4) is 0 Å². The highest BCUT2D eigenvalue weighted by atomic mass is 16.5. The largest absolute Gasteiger partial charge is 0.389 e. The molecule has 5 aliphatic carbocycles. The van der Waals surface area contributed by atoms with Gasteiger partial charge in [-0.25, -0.2) is 0 Å². The first-order chi connectivity index (χ1) is 12.8. The number of rotatable bonds is 3. The second-order valence-electron chi connectivity index (χ2n) is 11.4. The molecule has 27 heavy (non-hydrogen) atoms. The number of ether oxygens (including phenoxy) is 1. The summed E-state index contributed by atoms with van der Waals surface area (Å²) in [7, 11) is 0. The summed E-state index contributed by atoms with van der Waals surface area (Å²) in [5, 5.41) is 11.7. The summed E-state index contributed by atoms with van der Waals surface area (Å²) in [5.74, 6) is 4.04. The lowest BCUT2D eigenvalue weighted by molar-refractivity contribution is -0.212. The molecule has 152 valence electrons. The van der Waals surface area contributed by atoms with Crippen LogP contribution in [0.4, 0.5) is 0 Å². The van der Waals surface area contributed by atoms with Crippen LogP contribution in [0, 0.1) is 46.3 Å². The summed E-state index contributed by atoms with van der Waals surface area (Å²) in [6, 6.07) is 0. The van der Waals surface area contributed by atoms with E-state index in [0.29, 0.717) is 53.8 Å². The number of hydrogen-bond donors (Lipinski definition) is 1. The molecule has 0 spiro atoms. The van der Waals surface area contributed by atoms with Crippen molar-refractivity contribution in [1.29, 1.82) is 0 Å². The minimum Gasteiger partial charge on any atom is -0.389 e. The standard InChI is InChI=1S/C24H38O3/c1-5-10-27-21-14(2)11-19-20-16-12-18(16)24(26)13-15(25)6-9-23(24,4)17(20)7-8-22(19,21)3/h14,16-21,26H,5-13H2,1-4H3. The van der Waals surface area contributed by atoms with Crippen LogP contribution in [0.5, 0.6) is 0 Å². The van der Waals surface area contributed by atoms with Crippen molar-refractivity contribution in [3.63, 3.8) is 0 Å². The third-order valence-electron chi connectivity index (χ3n) is 10.2. The van der Waals surface area contributed by atoms with E-state index >= 15 is 0 Å². The fourth-order valence-corrected chi connectivity index (χ4v) is 8.91. The fourth-order valence-electron chi connectivity index (χ4n) is 8.91. The van der Waals surface area contributed by atoms with Gasteiger partial charge in [-0.15, -0.1) is 0 Å². The zero-order valence-electron chi connectivity index (χ0n) is 17.7. The lowest BCUT2D eigenvalue weighted by Gasteiger charge is -2.62. The molecule has 0 heterocycles. The van der Waals surface area contributed by atoms with Gasteiger partial charge < -0.3 is 9.84 Å². The predicted molar refractivity (Wildman–Crippen MR) is 105 cm³/mol. The quantitative estimate of drug-likeness (QED) is 0.785. The summed E-state index contributed by atoms with van der Waals surface area (Å²) in [6.45, 7) is 10.4. The van der Waals surface area contributed by atoms with Gasteiger partial charge in [-0.1, -0.05) is 27.7 Å². The van der Waals surface area contributed by atoms with Gasteiger partial charge in [0.25, 0.3) is 0 Å². The SMILES string of the molecule is CCCOC1C(C)CC2C3C4CC4C4(O)CC(=O)CCC4(C)C3CCC21C. The van der Waals surface area contributed by atoms with E-state index in [2.05, 4.69) is 27.7 Å². The number of fused-ring (bicyclic) bond motifs is 8. The molecule has 5 aliphatic rings. The van der Waals surface area contributed by atoms with E-state index in [0.717, 1.165) is 37.7 Å². The van der Waals surface area contributed by atoms with Crippen molar-refractivity contribution in [2.24, 2.45) is 46.3 Å². The van der Waals surface area contributed by atoms with E-state index in [1.54, 1.807) is 0 Å². The Hall–Kier alpha value is -0.410. The number of carbonyl (C=O) groups excluding carboxylic acids is 1. The Morgan fingerprint density at radius 2 is 1.93 bits per heavy atom. The third-order valence-corrected chi connectivity index (χ3v) is 10.2. The predicted octanol–water partition coefficient (Wildman–Crippen LogP) is 4.61. The van der Waals surface area contributed by atoms with Crippen LogP contribution in [0.15, 0.2) is 0 Å². The second kappa shape index (κ2) is 5.81. The average Bonchev–Trinajstić information content (AvgIpc) is 3.37. The van der Waals surface area contributed by atoms with Crippen LogP contribution in [-0.2, 0) is 9.53 Å². The van der Waals surface area contributed by atoms with Crippen LogP contribution < -0.4 is 0 Å². The molecule has 10 atom stereocenters. The maximum absolute atomic E-state index is 12.2. The first-order valence-electron chi connectivity index (χ1n) is 11.6. The molecule has 3 nitrogen and oxygen atoms in total. The molecule has 0 radical (unpaired) electrons. The van der Waals surface area contributed by atoms with Crippen LogP contribution in [0.2, 0.25) is 0 Å². The maximum Gasteiger partial charge on any atom is 0.135 e. The molecule has 10 unspecified atom stereocenters. The van der Waals surface area contributed by atoms with E-state index in [1.165, 1.54) is 19.3 Å². The molecular formula is C24H38O3. The molecule has 0 aromatic rings. The monoisotopic (exact) mass is 374 g/mol. The molecule has 5 fully saturated rings. The van der Waals surface area contributed by atoms with E-state index in [-0.39, 0.29) is 5.41 Å². The van der Waals surface area contributed by atoms with Gasteiger partial charge in [0.05, 0.1) is 11.7 Å². The molecule has 0 aromatic carbocycles. The number of Topliss-reactive ketones (excluding diaryl/α,β-unsaturated/α-hetero) is 1. The summed E-state index contributed by atoms with van der Waals surface area (Å²) < 4.78 is 6.44. The molecule has 0 bridgehead atoms. The maximum atomic E-state index is 12.2. The van der Waals surface area contributed by atoms with E-state index in [4.69, 9.17) is 4.74 Å². The lowest BCUT2D eigenvalue weighted by Crippen LogP contribution is -2.64. The van der Waals surface area contributed by atoms with Crippen LogP contribution in [-0.4, -0.2) is 29.2 Å². The Morgan fingerprint density at radius 3 is 2.67 bits per heavy atom. The Morgan fingerprint density at radius 1 is 1.15 bits per heavy atom. The van der Waals surface area contributed by atoms with Gasteiger partial charge in [0, 0.05) is 24.9 Å². The molecule has 0 aliphatic heterocycles. The van der Waals surface area contributed by atoms with Crippen LogP contribution >= 0.6 is 0 Å². The van der Waals surface area contributed by atoms with E-state index < -0.39 is 5.60 Å². The van der Waals surface area contributed by atoms with Crippen LogP contribution in [0.25, 0.3) is 0 Å². The van der Waals surface area contributed by atoms with Gasteiger partial charge in [0.1, 0.15) is 5.78 Å². The Bertz CT molecular complexity index is 646. The van der Waals surface area contributed by atoms with Gasteiger partial charge >= 0.3 is 0 Å². The van der Waals surface area contributed by atoms with Crippen molar-refractivity contribution < 1.29 is 14.6 Å². The van der Waals surface area contributed by atoms with Crippen molar-refractivity contribution >= 4 is 5.78 Å². The van der Waals surface area contributed by atoms with Gasteiger partial charge in [0.15, 0.2) is 0 Å². The number of aliphatic hydroxyl groups is 1. The van der Waals surface area contributed by atoms with Gasteiger partial charge in [-0.3, -0.25) is 4.79 Å². The Kier molecular flexibility index (Phi) is 4.01. The van der Waals surface area contributed by atoms with E-state index in [9.17, 15) is 9.90 Å². The van der Waals surface area contributed by atoms with Crippen molar-refractivity contribution in [3.05, 3.63) is 0 Å². The van der Waals surface area contributed by atoms with Crippen molar-refractivity contribution in [2.75, 3.05) is 6.61 Å². The summed E-state index contributed by atoms with van der Waals surface area (Å²) in [4.78, 5) is 12.2. The molecule has 3 heteroatoms. The number of carbonyl (C=O) groups is 1. The number of hydrogen-bond acceptors (Lipinski definition) is 3. The Labute approximate surface area is 164 Å². The minimum atomic E-state index is -0.718. The minimum absolute atomic E-state index is 0.0594. The Balaban J connectivity index is 1.49. The highest BCUT2D eigenvalue weighted by molar-refractivity contribution is 5.81. The lowest BCUT2D eigenvalue weighted by atomic mass is 9.43. The zero-order chi connectivity index (χ0) is 19.2. The zero-order valence-corrected chi connectivity index (χ0v) is 17.7. The summed E-state index contributed by atoms with van der Waals surface area (Å²) >= 11 is 0.